The number of benzene rings is 1. The summed E-state index contributed by atoms with van der Waals surface area (Å²) in [5.41, 5.74) is 5.03. The molecule has 3 heteroatoms. The number of aromatic nitrogens is 1. The molecule has 2 aromatic rings. The molecule has 0 bridgehead atoms. The number of nitriles is 1. The molecular weight excluding hydrogens is 222 g/mol. The summed E-state index contributed by atoms with van der Waals surface area (Å²) in [5, 5.41) is 8.73. The van der Waals surface area contributed by atoms with Crippen LogP contribution in [0.25, 0.3) is 0 Å². The zero-order chi connectivity index (χ0) is 13.1. The zero-order valence-electron chi connectivity index (χ0n) is 10.8. The van der Waals surface area contributed by atoms with Crippen molar-refractivity contribution in [3.8, 4) is 6.07 Å². The Hall–Kier alpha value is -2.34. The zero-order valence-corrected chi connectivity index (χ0v) is 10.8. The van der Waals surface area contributed by atoms with Gasteiger partial charge in [-0.2, -0.15) is 5.26 Å². The van der Waals surface area contributed by atoms with Crippen molar-refractivity contribution >= 4 is 11.4 Å². The lowest BCUT2D eigenvalue weighted by Crippen LogP contribution is -2.11. The predicted octanol–water partition coefficient (Wildman–Crippen LogP) is 3.34. The van der Waals surface area contributed by atoms with E-state index >= 15 is 0 Å². The van der Waals surface area contributed by atoms with E-state index in [0.717, 1.165) is 11.4 Å². The van der Waals surface area contributed by atoms with Crippen LogP contribution in [0.15, 0.2) is 36.5 Å². The van der Waals surface area contributed by atoms with Gasteiger partial charge in [0.25, 0.3) is 0 Å². The van der Waals surface area contributed by atoms with E-state index in [-0.39, 0.29) is 0 Å². The second kappa shape index (κ2) is 4.89. The second-order valence-corrected chi connectivity index (χ2v) is 4.36. The van der Waals surface area contributed by atoms with Crippen molar-refractivity contribution in [1.29, 1.82) is 5.26 Å². The summed E-state index contributed by atoms with van der Waals surface area (Å²) in [6, 6.07) is 12.0. The second-order valence-electron chi connectivity index (χ2n) is 4.36. The number of anilines is 2. The summed E-state index contributed by atoms with van der Waals surface area (Å²) < 4.78 is 0. The van der Waals surface area contributed by atoms with Gasteiger partial charge in [0.05, 0.1) is 11.9 Å². The third-order valence-electron chi connectivity index (χ3n) is 2.96. The van der Waals surface area contributed by atoms with E-state index in [0.29, 0.717) is 5.69 Å². The van der Waals surface area contributed by atoms with Crippen LogP contribution in [0.5, 0.6) is 0 Å². The van der Waals surface area contributed by atoms with Crippen LogP contribution < -0.4 is 4.90 Å². The predicted molar refractivity (Wildman–Crippen MR) is 72.9 cm³/mol. The summed E-state index contributed by atoms with van der Waals surface area (Å²) in [5.74, 6) is 0. The van der Waals surface area contributed by atoms with Crippen LogP contribution in [-0.2, 0) is 0 Å². The third-order valence-corrected chi connectivity index (χ3v) is 2.96. The molecular formula is C15H15N3. The lowest BCUT2D eigenvalue weighted by Gasteiger charge is -2.21. The minimum Gasteiger partial charge on any atom is -0.343 e. The van der Waals surface area contributed by atoms with Crippen molar-refractivity contribution in [3.63, 3.8) is 0 Å². The van der Waals surface area contributed by atoms with Gasteiger partial charge in [0.15, 0.2) is 0 Å². The Morgan fingerprint density at radius 3 is 2.50 bits per heavy atom. The number of aryl methyl sites for hydroxylation is 2. The number of hydrogen-bond donors (Lipinski definition) is 0. The number of nitrogens with zero attached hydrogens (tertiary/aromatic N) is 3. The van der Waals surface area contributed by atoms with Gasteiger partial charge in [0.1, 0.15) is 11.8 Å². The first-order valence-corrected chi connectivity index (χ1v) is 5.79. The van der Waals surface area contributed by atoms with Gasteiger partial charge in [0.2, 0.25) is 0 Å². The Morgan fingerprint density at radius 1 is 1.17 bits per heavy atom. The van der Waals surface area contributed by atoms with Crippen LogP contribution in [0.2, 0.25) is 0 Å². The summed E-state index contributed by atoms with van der Waals surface area (Å²) in [6.45, 7) is 4.18. The fourth-order valence-electron chi connectivity index (χ4n) is 1.97. The molecule has 0 aliphatic rings. The molecule has 0 aliphatic heterocycles. The Kier molecular flexibility index (Phi) is 3.29. The van der Waals surface area contributed by atoms with Crippen molar-refractivity contribution in [2.75, 3.05) is 11.9 Å². The number of rotatable bonds is 2. The molecule has 0 amide bonds. The molecule has 3 nitrogen and oxygen atoms in total. The van der Waals surface area contributed by atoms with E-state index in [1.807, 2.05) is 19.2 Å². The van der Waals surface area contributed by atoms with E-state index < -0.39 is 0 Å². The first-order chi connectivity index (χ1) is 8.61. The molecule has 0 fully saturated rings. The first kappa shape index (κ1) is 12.1. The fraction of sp³-hybridized carbons (Fsp3) is 0.200. The van der Waals surface area contributed by atoms with Crippen LogP contribution in [0, 0.1) is 25.2 Å². The molecule has 1 aromatic heterocycles. The third kappa shape index (κ3) is 2.33. The molecule has 0 aliphatic carbocycles. The van der Waals surface area contributed by atoms with Crippen molar-refractivity contribution in [2.45, 2.75) is 13.8 Å². The standard InChI is InChI=1S/C15H15N3/c1-11-4-7-15(12(2)8-11)18(3)14-6-5-13(9-16)17-10-14/h4-8,10H,1-3H3. The maximum atomic E-state index is 8.73. The average molecular weight is 237 g/mol. The summed E-state index contributed by atoms with van der Waals surface area (Å²) in [6.07, 6.45) is 1.72. The lowest BCUT2D eigenvalue weighted by atomic mass is 10.1. The molecule has 0 unspecified atom stereocenters. The Bertz CT molecular complexity index is 594. The van der Waals surface area contributed by atoms with Crippen LogP contribution in [0.4, 0.5) is 11.4 Å². The van der Waals surface area contributed by atoms with Gasteiger partial charge >= 0.3 is 0 Å². The Morgan fingerprint density at radius 2 is 1.94 bits per heavy atom. The average Bonchev–Trinajstić information content (AvgIpc) is 2.38. The molecule has 1 aromatic carbocycles. The SMILES string of the molecule is Cc1ccc(N(C)c2ccc(C#N)nc2)c(C)c1. The summed E-state index contributed by atoms with van der Waals surface area (Å²) in [7, 11) is 2.00. The maximum absolute atomic E-state index is 8.73. The molecule has 18 heavy (non-hydrogen) atoms. The van der Waals surface area contributed by atoms with E-state index in [2.05, 4.69) is 41.9 Å². The molecule has 2 rings (SSSR count). The highest BCUT2D eigenvalue weighted by atomic mass is 15.1. The molecule has 0 N–H and O–H groups in total. The van der Waals surface area contributed by atoms with Gasteiger partial charge in [-0.25, -0.2) is 4.98 Å². The largest absolute Gasteiger partial charge is 0.343 e. The van der Waals surface area contributed by atoms with Crippen LogP contribution in [0.1, 0.15) is 16.8 Å². The number of hydrogen-bond acceptors (Lipinski definition) is 3. The van der Waals surface area contributed by atoms with Crippen molar-refractivity contribution < 1.29 is 0 Å². The normalized spacial score (nSPS) is 9.89. The molecule has 0 radical (unpaired) electrons. The van der Waals surface area contributed by atoms with Gasteiger partial charge in [-0.15, -0.1) is 0 Å². The van der Waals surface area contributed by atoms with Gasteiger partial charge in [-0.3, -0.25) is 0 Å². The van der Waals surface area contributed by atoms with E-state index in [4.69, 9.17) is 5.26 Å². The summed E-state index contributed by atoms with van der Waals surface area (Å²) >= 11 is 0. The molecule has 0 atom stereocenters. The van der Waals surface area contributed by atoms with Crippen molar-refractivity contribution in [3.05, 3.63) is 53.3 Å². The van der Waals surface area contributed by atoms with Gasteiger partial charge in [-0.1, -0.05) is 17.7 Å². The number of pyridine rings is 1. The smallest absolute Gasteiger partial charge is 0.140 e. The van der Waals surface area contributed by atoms with Crippen LogP contribution >= 0.6 is 0 Å². The highest BCUT2D eigenvalue weighted by Crippen LogP contribution is 2.26. The lowest BCUT2D eigenvalue weighted by molar-refractivity contribution is 1.14. The molecule has 90 valence electrons. The van der Waals surface area contributed by atoms with Crippen LogP contribution in [-0.4, -0.2) is 12.0 Å². The fourth-order valence-corrected chi connectivity index (χ4v) is 1.97. The Labute approximate surface area is 107 Å². The van der Waals surface area contributed by atoms with Crippen molar-refractivity contribution in [1.82, 2.24) is 4.98 Å². The molecule has 0 spiro atoms. The topological polar surface area (TPSA) is 39.9 Å². The van der Waals surface area contributed by atoms with Gasteiger partial charge in [-0.05, 0) is 37.6 Å². The molecule has 0 saturated carbocycles. The highest BCUT2D eigenvalue weighted by Gasteiger charge is 2.07. The minimum absolute atomic E-state index is 0.438. The monoisotopic (exact) mass is 237 g/mol. The quantitative estimate of drug-likeness (QED) is 0.804. The Balaban J connectivity index is 2.35. The van der Waals surface area contributed by atoms with E-state index in [1.165, 1.54) is 11.1 Å². The van der Waals surface area contributed by atoms with Crippen molar-refractivity contribution in [2.24, 2.45) is 0 Å². The highest BCUT2D eigenvalue weighted by molar-refractivity contribution is 5.65. The summed E-state index contributed by atoms with van der Waals surface area (Å²) in [4.78, 5) is 6.16. The van der Waals surface area contributed by atoms with E-state index in [9.17, 15) is 0 Å². The molecule has 1 heterocycles. The minimum atomic E-state index is 0.438. The van der Waals surface area contributed by atoms with Crippen LogP contribution in [0.3, 0.4) is 0 Å². The van der Waals surface area contributed by atoms with Gasteiger partial charge in [0, 0.05) is 12.7 Å². The van der Waals surface area contributed by atoms with Gasteiger partial charge < -0.3 is 4.90 Å². The first-order valence-electron chi connectivity index (χ1n) is 5.79. The van der Waals surface area contributed by atoms with E-state index in [1.54, 1.807) is 12.3 Å². The molecule has 0 saturated heterocycles. The maximum Gasteiger partial charge on any atom is 0.140 e.